The van der Waals surface area contributed by atoms with Crippen molar-refractivity contribution in [2.75, 3.05) is 0 Å². The molecule has 0 bridgehead atoms. The molecule has 1 aromatic heterocycles. The Labute approximate surface area is 226 Å². The second kappa shape index (κ2) is 12.7. The van der Waals surface area contributed by atoms with Crippen molar-refractivity contribution in [3.63, 3.8) is 0 Å². The normalized spacial score (nSPS) is 22.3. The van der Waals surface area contributed by atoms with E-state index in [0.717, 1.165) is 38.8 Å². The minimum absolute atomic E-state index is 0.0135. The second-order valence-corrected chi connectivity index (χ2v) is 9.52. The van der Waals surface area contributed by atoms with Crippen molar-refractivity contribution >= 4 is 41.0 Å². The third-order valence-corrected chi connectivity index (χ3v) is 5.99. The van der Waals surface area contributed by atoms with E-state index < -0.39 is 60.5 Å². The van der Waals surface area contributed by atoms with Crippen molar-refractivity contribution in [1.29, 1.82) is 0 Å². The Morgan fingerprint density at radius 2 is 1.44 bits per heavy atom. The highest BCUT2D eigenvalue weighted by molar-refractivity contribution is 7.09. The van der Waals surface area contributed by atoms with Crippen LogP contribution in [-0.2, 0) is 49.3 Å². The molecule has 14 heteroatoms. The Morgan fingerprint density at radius 1 is 0.872 bits per heavy atom. The van der Waals surface area contributed by atoms with Crippen LogP contribution >= 0.6 is 11.3 Å². The highest BCUT2D eigenvalue weighted by Crippen LogP contribution is 2.33. The Morgan fingerprint density at radius 3 is 1.95 bits per heavy atom. The van der Waals surface area contributed by atoms with Gasteiger partial charge >= 0.3 is 23.9 Å². The highest BCUT2D eigenvalue weighted by Gasteiger charge is 2.54. The Kier molecular flexibility index (Phi) is 9.59. The lowest BCUT2D eigenvalue weighted by molar-refractivity contribution is -0.328. The molecule has 5 unspecified atom stereocenters. The van der Waals surface area contributed by atoms with Crippen molar-refractivity contribution in [3.05, 3.63) is 39.8 Å². The molecule has 39 heavy (non-hydrogen) atoms. The van der Waals surface area contributed by atoms with Gasteiger partial charge in [-0.25, -0.2) is 4.98 Å². The topological polar surface area (TPSA) is 174 Å². The summed E-state index contributed by atoms with van der Waals surface area (Å²) in [5.41, 5.74) is 0.581. The molecule has 0 spiro atoms. The molecule has 1 saturated heterocycles. The van der Waals surface area contributed by atoms with Gasteiger partial charge in [-0.3, -0.25) is 28.7 Å². The smallest absolute Gasteiger partial charge is 0.305 e. The second-order valence-electron chi connectivity index (χ2n) is 8.46. The number of thiazole rings is 1. The largest absolute Gasteiger partial charge is 0.507 e. The van der Waals surface area contributed by atoms with E-state index in [1.54, 1.807) is 5.38 Å². The lowest BCUT2D eigenvalue weighted by Gasteiger charge is -2.43. The molecule has 3 rings (SSSR count). The number of ether oxygens (including phenoxy) is 6. The number of ketones is 1. The number of hydrogen-bond donors (Lipinski definition) is 1. The lowest BCUT2D eigenvalue weighted by atomic mass is 10.0. The van der Waals surface area contributed by atoms with E-state index in [2.05, 4.69) is 4.98 Å². The third-order valence-electron chi connectivity index (χ3n) is 5.17. The number of carbonyl (C=O) groups excluding carboxylic acids is 5. The number of nitrogens with zero attached hydrogens (tertiary/aromatic N) is 1. The maximum atomic E-state index is 12.7. The number of carbonyl (C=O) groups is 5. The van der Waals surface area contributed by atoms with Gasteiger partial charge in [0, 0.05) is 39.1 Å². The van der Waals surface area contributed by atoms with Crippen LogP contribution < -0.4 is 4.74 Å². The number of hydrogen-bond acceptors (Lipinski definition) is 14. The molecular weight excluding hydrogens is 538 g/mol. The summed E-state index contributed by atoms with van der Waals surface area (Å²) >= 11 is 1.40. The van der Waals surface area contributed by atoms with Gasteiger partial charge in [0.05, 0.1) is 22.7 Å². The summed E-state index contributed by atoms with van der Waals surface area (Å²) in [5, 5.41) is 13.1. The Bertz CT molecular complexity index is 1260. The van der Waals surface area contributed by atoms with Crippen LogP contribution in [0.15, 0.2) is 23.6 Å². The molecule has 13 nitrogen and oxygen atoms in total. The molecule has 1 fully saturated rings. The molecule has 1 aromatic carbocycles. The Hall–Kier alpha value is -4.04. The van der Waals surface area contributed by atoms with Gasteiger partial charge in [-0.15, -0.1) is 11.3 Å². The van der Waals surface area contributed by atoms with E-state index in [1.807, 2.05) is 6.92 Å². The fourth-order valence-corrected chi connectivity index (χ4v) is 4.41. The average molecular weight is 566 g/mol. The number of Topliss-reactive ketones (excluding diaryl/α,β-unsaturated/α-hetero) is 1. The van der Waals surface area contributed by atoms with Crippen LogP contribution in [0, 0.1) is 6.92 Å². The number of phenolic OH excluding ortho intramolecular Hbond substituents is 1. The third kappa shape index (κ3) is 7.97. The monoisotopic (exact) mass is 565 g/mol. The molecular formula is C25H27NO12S. The molecule has 1 aliphatic rings. The summed E-state index contributed by atoms with van der Waals surface area (Å²) in [7, 11) is 0. The number of phenols is 1. The summed E-state index contributed by atoms with van der Waals surface area (Å²) in [5.74, 6) is -4.11. The number of aromatic hydroxyl groups is 1. The van der Waals surface area contributed by atoms with Gasteiger partial charge in [-0.05, 0) is 19.1 Å². The molecule has 0 saturated carbocycles. The van der Waals surface area contributed by atoms with Gasteiger partial charge in [0.15, 0.2) is 11.9 Å². The van der Waals surface area contributed by atoms with Gasteiger partial charge in [0.1, 0.15) is 11.5 Å². The van der Waals surface area contributed by atoms with Gasteiger partial charge in [0.25, 0.3) is 0 Å². The summed E-state index contributed by atoms with van der Waals surface area (Å²) < 4.78 is 32.3. The van der Waals surface area contributed by atoms with Crippen molar-refractivity contribution in [1.82, 2.24) is 4.98 Å². The molecule has 0 radical (unpaired) electrons. The summed E-state index contributed by atoms with van der Waals surface area (Å²) in [6.45, 7) is 6.11. The van der Waals surface area contributed by atoms with E-state index >= 15 is 0 Å². The quantitative estimate of drug-likeness (QED) is 0.266. The van der Waals surface area contributed by atoms with Crippen LogP contribution in [0.5, 0.6) is 11.5 Å². The van der Waals surface area contributed by atoms with Gasteiger partial charge in [0.2, 0.25) is 24.8 Å². The first-order valence-corrected chi connectivity index (χ1v) is 12.5. The van der Waals surface area contributed by atoms with E-state index in [1.165, 1.54) is 23.5 Å². The SMILES string of the molecule is CC(=O)OC1OC(Oc2ccc(C(=O)Cc3csc(C)n3)c(O)c2)C(OC(C)=O)C(OC(C)=O)C1OC(C)=O. The van der Waals surface area contributed by atoms with Crippen LogP contribution in [0.4, 0.5) is 0 Å². The van der Waals surface area contributed by atoms with E-state index in [9.17, 15) is 29.1 Å². The van der Waals surface area contributed by atoms with Crippen LogP contribution in [0.3, 0.4) is 0 Å². The number of benzene rings is 1. The number of rotatable bonds is 9. The molecule has 2 aromatic rings. The molecule has 0 aliphatic carbocycles. The maximum Gasteiger partial charge on any atom is 0.305 e. The predicted octanol–water partition coefficient (Wildman–Crippen LogP) is 2.00. The van der Waals surface area contributed by atoms with Gasteiger partial charge in [-0.2, -0.15) is 0 Å². The van der Waals surface area contributed by atoms with E-state index in [4.69, 9.17) is 28.4 Å². The minimum Gasteiger partial charge on any atom is -0.507 e. The maximum absolute atomic E-state index is 12.7. The Balaban J connectivity index is 1.91. The molecule has 2 heterocycles. The minimum atomic E-state index is -1.62. The van der Waals surface area contributed by atoms with E-state index in [-0.39, 0.29) is 23.5 Å². The molecule has 0 amide bonds. The average Bonchev–Trinajstić information content (AvgIpc) is 3.21. The summed E-state index contributed by atoms with van der Waals surface area (Å²) in [6, 6.07) is 3.81. The van der Waals surface area contributed by atoms with Crippen LogP contribution in [0.1, 0.15) is 48.8 Å². The van der Waals surface area contributed by atoms with Crippen molar-refractivity contribution in [2.24, 2.45) is 0 Å². The van der Waals surface area contributed by atoms with Crippen molar-refractivity contribution < 1.29 is 57.5 Å². The molecule has 1 aliphatic heterocycles. The zero-order valence-electron chi connectivity index (χ0n) is 21.7. The first-order chi connectivity index (χ1) is 18.3. The van der Waals surface area contributed by atoms with Crippen LogP contribution in [0.2, 0.25) is 0 Å². The fourth-order valence-electron chi connectivity index (χ4n) is 3.80. The number of aryl methyl sites for hydroxylation is 1. The molecule has 1 N–H and O–H groups in total. The lowest BCUT2D eigenvalue weighted by Crippen LogP contribution is -2.63. The number of aromatic nitrogens is 1. The van der Waals surface area contributed by atoms with Crippen molar-refractivity contribution in [2.45, 2.75) is 71.9 Å². The highest BCUT2D eigenvalue weighted by atomic mass is 32.1. The summed E-state index contributed by atoms with van der Waals surface area (Å²) in [6.07, 6.45) is -7.74. The van der Waals surface area contributed by atoms with Gasteiger partial charge in [-0.1, -0.05) is 0 Å². The standard InChI is InChI=1S/C25H27NO12S/c1-11-26-16(10-39-11)8-19(31)18-7-6-17(9-20(18)32)37-25-23(35-14(4)29)21(33-12(2)27)22(34-13(3)28)24(38-25)36-15(5)30/h6-7,9-10,21-25,32H,8H2,1-5H3. The molecule has 5 atom stereocenters. The molecule has 210 valence electrons. The number of esters is 4. The zero-order chi connectivity index (χ0) is 28.9. The van der Waals surface area contributed by atoms with Crippen LogP contribution in [0.25, 0.3) is 0 Å². The van der Waals surface area contributed by atoms with Crippen molar-refractivity contribution in [3.8, 4) is 11.5 Å². The van der Waals surface area contributed by atoms with E-state index in [0.29, 0.717) is 5.69 Å². The predicted molar refractivity (Wildman–Crippen MR) is 131 cm³/mol. The van der Waals surface area contributed by atoms with Crippen LogP contribution in [-0.4, -0.2) is 70.6 Å². The first-order valence-electron chi connectivity index (χ1n) is 11.6. The first kappa shape index (κ1) is 29.5. The fraction of sp³-hybridized carbons (Fsp3) is 0.440. The summed E-state index contributed by atoms with van der Waals surface area (Å²) in [4.78, 5) is 64.2. The zero-order valence-corrected chi connectivity index (χ0v) is 22.5. The van der Waals surface area contributed by atoms with Gasteiger partial charge < -0.3 is 28.8 Å².